The van der Waals surface area contributed by atoms with Gasteiger partial charge in [0.25, 0.3) is 0 Å². The fourth-order valence-electron chi connectivity index (χ4n) is 2.60. The number of aliphatic carboxylic acids is 1. The number of carboxylic acid groups (broad SMARTS) is 1. The zero-order valence-corrected chi connectivity index (χ0v) is 17.9. The molecule has 2 rings (SSSR count). The minimum Gasteiger partial charge on any atom is -1.00 e. The molecular formula is C15H21CaF3N2O5S. The van der Waals surface area contributed by atoms with Crippen LogP contribution in [0.5, 0.6) is 0 Å². The summed E-state index contributed by atoms with van der Waals surface area (Å²) in [5.74, 6) is -1.13. The Hall–Kier alpha value is -0.750. The molecule has 0 spiro atoms. The number of hydrogen-bond donors (Lipinski definition) is 1. The van der Waals surface area contributed by atoms with Crippen LogP contribution in [0, 0.1) is 0 Å². The smallest absolute Gasteiger partial charge is 1.00 e. The molecular weight excluding hydrogens is 417 g/mol. The summed E-state index contributed by atoms with van der Waals surface area (Å²) in [6, 6.07) is 3.08. The van der Waals surface area contributed by atoms with Crippen molar-refractivity contribution in [1.82, 2.24) is 0 Å². The van der Waals surface area contributed by atoms with Gasteiger partial charge in [0.05, 0.1) is 23.6 Å². The van der Waals surface area contributed by atoms with E-state index in [-0.39, 0.29) is 58.5 Å². The molecule has 1 heterocycles. The number of rotatable bonds is 6. The number of carboxylic acids is 1. The van der Waals surface area contributed by atoms with Crippen molar-refractivity contribution in [2.75, 3.05) is 42.2 Å². The SMILES string of the molecule is CN(c1cc(N2CCC(OCC(=O)O)C2)cc(C(F)(F)F)c1)S(C)(=O)=O.[Ca+2].[H-].[H-]. The fourth-order valence-corrected chi connectivity index (χ4v) is 3.09. The van der Waals surface area contributed by atoms with Crippen LogP contribution in [0.4, 0.5) is 24.5 Å². The van der Waals surface area contributed by atoms with Gasteiger partial charge in [-0.25, -0.2) is 13.2 Å². The third kappa shape index (κ3) is 6.67. The summed E-state index contributed by atoms with van der Waals surface area (Å²) in [5, 5.41) is 8.63. The minimum absolute atomic E-state index is 0. The fraction of sp³-hybridized carbons (Fsp3) is 0.533. The number of sulfonamides is 1. The van der Waals surface area contributed by atoms with Crippen molar-refractivity contribution in [3.8, 4) is 0 Å². The van der Waals surface area contributed by atoms with Crippen molar-refractivity contribution in [3.05, 3.63) is 23.8 Å². The van der Waals surface area contributed by atoms with Crippen molar-refractivity contribution in [1.29, 1.82) is 0 Å². The number of nitrogens with zero attached hydrogens (tertiary/aromatic N) is 2. The van der Waals surface area contributed by atoms with Crippen LogP contribution in [0.25, 0.3) is 0 Å². The van der Waals surface area contributed by atoms with E-state index in [9.17, 15) is 26.4 Å². The van der Waals surface area contributed by atoms with Crippen LogP contribution in [-0.4, -0.2) is 96.3 Å². The van der Waals surface area contributed by atoms with E-state index in [4.69, 9.17) is 9.84 Å². The van der Waals surface area contributed by atoms with Gasteiger partial charge >= 0.3 is 49.9 Å². The molecule has 7 nitrogen and oxygen atoms in total. The van der Waals surface area contributed by atoms with Crippen LogP contribution in [0.2, 0.25) is 0 Å². The van der Waals surface area contributed by atoms with E-state index in [1.807, 2.05) is 0 Å². The number of hydrogen-bond acceptors (Lipinski definition) is 5. The number of carbonyl (C=O) groups is 1. The Labute approximate surface area is 188 Å². The molecule has 150 valence electrons. The number of benzene rings is 1. The Morgan fingerprint density at radius 3 is 2.56 bits per heavy atom. The van der Waals surface area contributed by atoms with E-state index in [1.54, 1.807) is 4.90 Å². The Kier molecular flexibility index (Phi) is 8.24. The molecule has 1 fully saturated rings. The third-order valence-electron chi connectivity index (χ3n) is 4.04. The summed E-state index contributed by atoms with van der Waals surface area (Å²) < 4.78 is 68.9. The number of halogens is 3. The van der Waals surface area contributed by atoms with E-state index < -0.39 is 40.4 Å². The van der Waals surface area contributed by atoms with Crippen molar-refractivity contribution >= 4 is 65.1 Å². The topological polar surface area (TPSA) is 87.2 Å². The van der Waals surface area contributed by atoms with Crippen molar-refractivity contribution in [2.24, 2.45) is 0 Å². The molecule has 0 aliphatic carbocycles. The molecule has 1 aliphatic rings. The molecule has 1 N–H and O–H groups in total. The third-order valence-corrected chi connectivity index (χ3v) is 5.25. The second-order valence-corrected chi connectivity index (χ2v) is 8.04. The standard InChI is InChI=1S/C15H19F3N2O5S.Ca.2H/c1-19(26(2,23)24)11-5-10(15(16,17)18)6-12(7-11)20-4-3-13(8-20)25-9-14(21)22;;;/h5-7,13H,3-4,8-9H2,1-2H3,(H,21,22);;;/q;+2;2*-1. The van der Waals surface area contributed by atoms with Crippen molar-refractivity contribution < 1.29 is 39.1 Å². The van der Waals surface area contributed by atoms with Crippen LogP contribution < -0.4 is 9.21 Å². The van der Waals surface area contributed by atoms with E-state index in [2.05, 4.69) is 0 Å². The Bertz CT molecular complexity index is 799. The number of anilines is 2. The molecule has 0 radical (unpaired) electrons. The van der Waals surface area contributed by atoms with E-state index in [0.29, 0.717) is 13.0 Å². The van der Waals surface area contributed by atoms with Crippen LogP contribution in [0.3, 0.4) is 0 Å². The molecule has 0 bridgehead atoms. The monoisotopic (exact) mass is 438 g/mol. The number of alkyl halides is 3. The maximum Gasteiger partial charge on any atom is 2.00 e. The predicted molar refractivity (Wildman–Crippen MR) is 96.9 cm³/mol. The second kappa shape index (κ2) is 9.17. The van der Waals surface area contributed by atoms with Gasteiger partial charge in [0, 0.05) is 25.8 Å². The Morgan fingerprint density at radius 2 is 2.04 bits per heavy atom. The normalized spacial score (nSPS) is 17.5. The molecule has 12 heteroatoms. The zero-order valence-electron chi connectivity index (χ0n) is 16.9. The van der Waals surface area contributed by atoms with Gasteiger partial charge in [0.2, 0.25) is 10.0 Å². The van der Waals surface area contributed by atoms with E-state index in [1.165, 1.54) is 13.1 Å². The Balaban J connectivity index is 0. The molecule has 1 unspecified atom stereocenters. The molecule has 1 aromatic rings. The summed E-state index contributed by atoms with van der Waals surface area (Å²) in [6.07, 6.45) is -3.70. The molecule has 1 aromatic carbocycles. The van der Waals surface area contributed by atoms with E-state index >= 15 is 0 Å². The van der Waals surface area contributed by atoms with Gasteiger partial charge < -0.3 is 17.6 Å². The first-order chi connectivity index (χ1) is 11.9. The van der Waals surface area contributed by atoms with Gasteiger partial charge in [-0.1, -0.05) is 0 Å². The molecule has 1 saturated heterocycles. The average Bonchev–Trinajstić information content (AvgIpc) is 2.99. The minimum atomic E-state index is -4.64. The summed E-state index contributed by atoms with van der Waals surface area (Å²) in [7, 11) is -2.55. The summed E-state index contributed by atoms with van der Waals surface area (Å²) in [6.45, 7) is 0.105. The maximum absolute atomic E-state index is 13.2. The molecule has 1 atom stereocenters. The van der Waals surface area contributed by atoms with E-state index in [0.717, 1.165) is 22.7 Å². The summed E-state index contributed by atoms with van der Waals surface area (Å²) in [4.78, 5) is 12.2. The largest absolute Gasteiger partial charge is 2.00 e. The van der Waals surface area contributed by atoms with Gasteiger partial charge in [-0.15, -0.1) is 0 Å². The molecule has 0 saturated carbocycles. The van der Waals surface area contributed by atoms with Crippen molar-refractivity contribution in [2.45, 2.75) is 18.7 Å². The van der Waals surface area contributed by atoms with Crippen LogP contribution in [0.15, 0.2) is 18.2 Å². The van der Waals surface area contributed by atoms with Gasteiger partial charge in [-0.3, -0.25) is 4.31 Å². The summed E-state index contributed by atoms with van der Waals surface area (Å²) in [5.41, 5.74) is -0.866. The first-order valence-electron chi connectivity index (χ1n) is 7.62. The zero-order chi connectivity index (χ0) is 19.7. The second-order valence-electron chi connectivity index (χ2n) is 6.03. The van der Waals surface area contributed by atoms with Gasteiger partial charge in [-0.2, -0.15) is 13.2 Å². The van der Waals surface area contributed by atoms with Crippen LogP contribution in [0.1, 0.15) is 14.8 Å². The predicted octanol–water partition coefficient (Wildman–Crippen LogP) is 1.63. The van der Waals surface area contributed by atoms with Gasteiger partial charge in [0.15, 0.2) is 0 Å². The van der Waals surface area contributed by atoms with Crippen molar-refractivity contribution in [3.63, 3.8) is 0 Å². The molecule has 27 heavy (non-hydrogen) atoms. The van der Waals surface area contributed by atoms with Gasteiger partial charge in [-0.05, 0) is 24.6 Å². The first-order valence-corrected chi connectivity index (χ1v) is 9.47. The van der Waals surface area contributed by atoms with Gasteiger partial charge in [0.1, 0.15) is 6.61 Å². The van der Waals surface area contributed by atoms with Crippen LogP contribution in [-0.2, 0) is 25.7 Å². The average molecular weight is 438 g/mol. The molecule has 0 amide bonds. The Morgan fingerprint density at radius 1 is 1.41 bits per heavy atom. The number of ether oxygens (including phenoxy) is 1. The quantitative estimate of drug-likeness (QED) is 0.680. The van der Waals surface area contributed by atoms with Crippen LogP contribution >= 0.6 is 0 Å². The summed E-state index contributed by atoms with van der Waals surface area (Å²) >= 11 is 0. The molecule has 0 aromatic heterocycles. The maximum atomic E-state index is 13.2. The molecule has 1 aliphatic heterocycles. The first kappa shape index (κ1) is 24.3.